The minimum Gasteiger partial charge on any atom is -0.374 e. The van der Waals surface area contributed by atoms with Crippen LogP contribution in [0.2, 0.25) is 0 Å². The fourth-order valence-electron chi connectivity index (χ4n) is 4.34. The number of ether oxygens (including phenoxy) is 1. The zero-order valence-corrected chi connectivity index (χ0v) is 18.8. The number of nitrogens with one attached hydrogen (secondary N) is 1. The number of carbonyl (C=O) groups excluding carboxylic acids is 1. The van der Waals surface area contributed by atoms with Crippen LogP contribution in [-0.4, -0.2) is 28.3 Å². The lowest BCUT2D eigenvalue weighted by Gasteiger charge is -2.13. The van der Waals surface area contributed by atoms with Crippen LogP contribution in [0.5, 0.6) is 0 Å². The molecule has 0 bridgehead atoms. The first-order chi connectivity index (χ1) is 15.7. The standard InChI is InChI=1S/C26H25N3O2S/c1-32-26-16-22-21(24-8-4-14-31-24)6-2-7-23(22)29(26)20-11-9-19(10-12-20)28-25(30)15-18-5-3-13-27-17-18/h2-3,5-7,9-13,16-17,24H,4,8,14-15H2,1H3,(H,28,30). The Morgan fingerprint density at radius 2 is 2.06 bits per heavy atom. The SMILES string of the molecule is CSc1cc2c(C3CCCO3)cccc2n1-c1ccc(NC(=O)Cc2cccnc2)cc1. The lowest BCUT2D eigenvalue weighted by atomic mass is 10.0. The highest BCUT2D eigenvalue weighted by molar-refractivity contribution is 7.98. The molecule has 1 fully saturated rings. The van der Waals surface area contributed by atoms with E-state index in [1.54, 1.807) is 24.2 Å². The van der Waals surface area contributed by atoms with Gasteiger partial charge in [-0.05, 0) is 72.7 Å². The van der Waals surface area contributed by atoms with Gasteiger partial charge in [-0.1, -0.05) is 18.2 Å². The maximum absolute atomic E-state index is 12.4. The number of aromatic nitrogens is 2. The number of pyridine rings is 1. The molecule has 1 aliphatic rings. The highest BCUT2D eigenvalue weighted by Gasteiger charge is 2.22. The van der Waals surface area contributed by atoms with Crippen LogP contribution in [0.25, 0.3) is 16.6 Å². The summed E-state index contributed by atoms with van der Waals surface area (Å²) in [6.45, 7) is 0.838. The molecule has 1 N–H and O–H groups in total. The van der Waals surface area contributed by atoms with Gasteiger partial charge in [0.15, 0.2) is 0 Å². The van der Waals surface area contributed by atoms with Crippen LogP contribution in [0.15, 0.2) is 78.1 Å². The number of rotatable bonds is 6. The number of benzene rings is 2. The van der Waals surface area contributed by atoms with Crippen LogP contribution in [0, 0.1) is 0 Å². The number of amides is 1. The van der Waals surface area contributed by atoms with Crippen molar-refractivity contribution in [3.8, 4) is 5.69 Å². The van der Waals surface area contributed by atoms with Crippen molar-refractivity contribution in [3.63, 3.8) is 0 Å². The van der Waals surface area contributed by atoms with E-state index in [0.717, 1.165) is 36.4 Å². The molecule has 1 atom stereocenters. The van der Waals surface area contributed by atoms with E-state index >= 15 is 0 Å². The highest BCUT2D eigenvalue weighted by Crippen LogP contribution is 2.38. The van der Waals surface area contributed by atoms with Gasteiger partial charge in [0, 0.05) is 35.8 Å². The number of hydrogen-bond acceptors (Lipinski definition) is 4. The highest BCUT2D eigenvalue weighted by atomic mass is 32.2. The van der Waals surface area contributed by atoms with Crippen LogP contribution in [-0.2, 0) is 16.0 Å². The van der Waals surface area contributed by atoms with E-state index in [1.807, 2.05) is 24.3 Å². The molecule has 32 heavy (non-hydrogen) atoms. The quantitative estimate of drug-likeness (QED) is 0.384. The molecule has 1 unspecified atom stereocenters. The zero-order valence-electron chi connectivity index (χ0n) is 18.0. The van der Waals surface area contributed by atoms with Gasteiger partial charge in [0.1, 0.15) is 0 Å². The molecule has 0 aliphatic carbocycles. The minimum atomic E-state index is -0.0526. The molecule has 0 radical (unpaired) electrons. The molecule has 4 aromatic rings. The zero-order chi connectivity index (χ0) is 21.9. The fraction of sp³-hybridized carbons (Fsp3) is 0.231. The lowest BCUT2D eigenvalue weighted by Crippen LogP contribution is -2.14. The number of thioether (sulfide) groups is 1. The third-order valence-corrected chi connectivity index (χ3v) is 6.55. The number of nitrogens with zero attached hydrogens (tertiary/aromatic N) is 2. The molecule has 2 aromatic carbocycles. The van der Waals surface area contributed by atoms with Crippen molar-refractivity contribution in [2.75, 3.05) is 18.2 Å². The Morgan fingerprint density at radius 3 is 2.78 bits per heavy atom. The molecule has 1 aliphatic heterocycles. The Labute approximate surface area is 191 Å². The average molecular weight is 444 g/mol. The molecule has 162 valence electrons. The smallest absolute Gasteiger partial charge is 0.228 e. The molecule has 1 amide bonds. The summed E-state index contributed by atoms with van der Waals surface area (Å²) in [5, 5.41) is 5.40. The Balaban J connectivity index is 1.41. The molecule has 1 saturated heterocycles. The molecule has 2 aromatic heterocycles. The van der Waals surface area contributed by atoms with Gasteiger partial charge in [0.2, 0.25) is 5.91 Å². The van der Waals surface area contributed by atoms with Crippen molar-refractivity contribution >= 4 is 34.3 Å². The van der Waals surface area contributed by atoms with Gasteiger partial charge < -0.3 is 14.6 Å². The summed E-state index contributed by atoms with van der Waals surface area (Å²) in [5.41, 5.74) is 5.19. The first kappa shape index (κ1) is 20.8. The summed E-state index contributed by atoms with van der Waals surface area (Å²) in [6.07, 6.45) is 8.20. The van der Waals surface area contributed by atoms with Gasteiger partial charge in [-0.15, -0.1) is 11.8 Å². The molecule has 0 saturated carbocycles. The van der Waals surface area contributed by atoms with Gasteiger partial charge in [-0.2, -0.15) is 0 Å². The van der Waals surface area contributed by atoms with E-state index in [2.05, 4.69) is 57.5 Å². The first-order valence-electron chi connectivity index (χ1n) is 10.8. The molecular weight excluding hydrogens is 418 g/mol. The Kier molecular flexibility index (Phi) is 5.97. The summed E-state index contributed by atoms with van der Waals surface area (Å²) in [4.78, 5) is 16.4. The maximum atomic E-state index is 12.4. The number of fused-ring (bicyclic) bond motifs is 1. The van der Waals surface area contributed by atoms with E-state index in [0.29, 0.717) is 6.42 Å². The van der Waals surface area contributed by atoms with E-state index in [9.17, 15) is 4.79 Å². The van der Waals surface area contributed by atoms with Crippen LogP contribution in [0.4, 0.5) is 5.69 Å². The molecule has 0 spiro atoms. The topological polar surface area (TPSA) is 56.1 Å². The summed E-state index contributed by atoms with van der Waals surface area (Å²) < 4.78 is 8.25. The minimum absolute atomic E-state index is 0.0526. The Hall–Kier alpha value is -3.09. The van der Waals surface area contributed by atoms with Gasteiger partial charge in [0.25, 0.3) is 0 Å². The second-order valence-electron chi connectivity index (χ2n) is 7.94. The van der Waals surface area contributed by atoms with E-state index < -0.39 is 0 Å². The van der Waals surface area contributed by atoms with Gasteiger partial charge >= 0.3 is 0 Å². The van der Waals surface area contributed by atoms with Gasteiger partial charge in [-0.3, -0.25) is 9.78 Å². The van der Waals surface area contributed by atoms with E-state index in [-0.39, 0.29) is 12.0 Å². The van der Waals surface area contributed by atoms with E-state index in [4.69, 9.17) is 4.74 Å². The summed E-state index contributed by atoms with van der Waals surface area (Å²) in [6, 6.07) is 20.5. The van der Waals surface area contributed by atoms with Crippen molar-refractivity contribution in [2.24, 2.45) is 0 Å². The average Bonchev–Trinajstić information content (AvgIpc) is 3.48. The van der Waals surface area contributed by atoms with E-state index in [1.165, 1.54) is 21.5 Å². The number of anilines is 1. The van der Waals surface area contributed by atoms with Gasteiger partial charge in [0.05, 0.1) is 23.1 Å². The van der Waals surface area contributed by atoms with Crippen molar-refractivity contribution < 1.29 is 9.53 Å². The lowest BCUT2D eigenvalue weighted by molar-refractivity contribution is -0.115. The number of carbonyl (C=O) groups is 1. The van der Waals surface area contributed by atoms with Crippen LogP contribution in [0.3, 0.4) is 0 Å². The largest absolute Gasteiger partial charge is 0.374 e. The van der Waals surface area contributed by atoms with Crippen LogP contribution < -0.4 is 5.32 Å². The van der Waals surface area contributed by atoms with Crippen LogP contribution in [0.1, 0.15) is 30.1 Å². The summed E-state index contributed by atoms with van der Waals surface area (Å²) in [7, 11) is 0. The third kappa shape index (κ3) is 4.16. The van der Waals surface area contributed by atoms with Crippen molar-refractivity contribution in [1.29, 1.82) is 0 Å². The second kappa shape index (κ2) is 9.18. The Bertz CT molecular complexity index is 1230. The molecule has 5 rings (SSSR count). The molecule has 3 heterocycles. The third-order valence-electron chi connectivity index (χ3n) is 5.83. The predicted octanol–water partition coefficient (Wildman–Crippen LogP) is 5.78. The second-order valence-corrected chi connectivity index (χ2v) is 8.76. The van der Waals surface area contributed by atoms with Crippen molar-refractivity contribution in [1.82, 2.24) is 9.55 Å². The maximum Gasteiger partial charge on any atom is 0.228 e. The monoisotopic (exact) mass is 443 g/mol. The molecule has 5 nitrogen and oxygen atoms in total. The fourth-order valence-corrected chi connectivity index (χ4v) is 4.96. The normalized spacial score (nSPS) is 15.8. The van der Waals surface area contributed by atoms with Crippen LogP contribution >= 0.6 is 11.8 Å². The predicted molar refractivity (Wildman–Crippen MR) is 130 cm³/mol. The van der Waals surface area contributed by atoms with Crippen molar-refractivity contribution in [3.05, 3.63) is 84.2 Å². The molecular formula is C26H25N3O2S. The van der Waals surface area contributed by atoms with Crippen molar-refractivity contribution in [2.45, 2.75) is 30.4 Å². The first-order valence-corrected chi connectivity index (χ1v) is 12.0. The Morgan fingerprint density at radius 1 is 1.19 bits per heavy atom. The summed E-state index contributed by atoms with van der Waals surface area (Å²) >= 11 is 1.73. The summed E-state index contributed by atoms with van der Waals surface area (Å²) in [5.74, 6) is -0.0526. The molecule has 6 heteroatoms. The number of hydrogen-bond donors (Lipinski definition) is 1. The van der Waals surface area contributed by atoms with Gasteiger partial charge in [-0.25, -0.2) is 0 Å².